The van der Waals surface area contributed by atoms with Gasteiger partial charge in [-0.25, -0.2) is 9.97 Å². The van der Waals surface area contributed by atoms with Gasteiger partial charge in [0.25, 0.3) is 0 Å². The fourth-order valence-corrected chi connectivity index (χ4v) is 8.98. The molecule has 67 heavy (non-hydrogen) atoms. The van der Waals surface area contributed by atoms with Crippen LogP contribution in [0.2, 0.25) is 0 Å². The summed E-state index contributed by atoms with van der Waals surface area (Å²) >= 11 is 0. The minimum Gasteiger partial charge on any atom is -0.310 e. The Morgan fingerprint density at radius 2 is 0.701 bits per heavy atom. The molecule has 0 amide bonds. The van der Waals surface area contributed by atoms with Gasteiger partial charge in [-0.1, -0.05) is 133 Å². The van der Waals surface area contributed by atoms with Gasteiger partial charge < -0.3 is 14.4 Å². The van der Waals surface area contributed by atoms with Gasteiger partial charge in [-0.2, -0.15) is 10.5 Å². The molecule has 7 nitrogen and oxygen atoms in total. The predicted molar refractivity (Wildman–Crippen MR) is 271 cm³/mol. The number of anilines is 6. The molecule has 0 unspecified atom stereocenters. The van der Waals surface area contributed by atoms with Gasteiger partial charge in [0.1, 0.15) is 12.1 Å². The predicted octanol–water partition coefficient (Wildman–Crippen LogP) is 15.3. The summed E-state index contributed by atoms with van der Waals surface area (Å²) in [6.45, 7) is 0. The van der Waals surface area contributed by atoms with Crippen LogP contribution in [0.15, 0.2) is 237 Å². The minimum absolute atomic E-state index is 0.340. The lowest BCUT2D eigenvalue weighted by atomic mass is 9.99. The third kappa shape index (κ3) is 7.59. The average molecular weight is 858 g/mol. The first-order chi connectivity index (χ1) is 33.1. The highest BCUT2D eigenvalue weighted by Crippen LogP contribution is 2.44. The molecule has 9 aromatic carbocycles. The lowest BCUT2D eigenvalue weighted by Gasteiger charge is -2.26. The molecule has 0 aliphatic heterocycles. The van der Waals surface area contributed by atoms with Crippen LogP contribution < -0.4 is 9.80 Å². The van der Waals surface area contributed by atoms with Crippen LogP contribution in [0, 0.1) is 22.7 Å². The van der Waals surface area contributed by atoms with Crippen molar-refractivity contribution in [3.63, 3.8) is 0 Å². The summed E-state index contributed by atoms with van der Waals surface area (Å²) in [5.41, 5.74) is 12.6. The summed E-state index contributed by atoms with van der Waals surface area (Å²) in [5.74, 6) is 0.548. The second-order valence-electron chi connectivity index (χ2n) is 16.1. The molecule has 7 heteroatoms. The second-order valence-corrected chi connectivity index (χ2v) is 16.1. The van der Waals surface area contributed by atoms with Gasteiger partial charge in [0.05, 0.1) is 39.2 Å². The smallest absolute Gasteiger partial charge is 0.160 e. The van der Waals surface area contributed by atoms with Crippen LogP contribution >= 0.6 is 0 Å². The first-order valence-corrected chi connectivity index (χ1v) is 22.0. The van der Waals surface area contributed by atoms with Gasteiger partial charge in [0.2, 0.25) is 0 Å². The molecule has 0 saturated carbocycles. The van der Waals surface area contributed by atoms with E-state index < -0.39 is 0 Å². The number of para-hydroxylation sites is 4. The maximum atomic E-state index is 11.1. The summed E-state index contributed by atoms with van der Waals surface area (Å²) in [4.78, 5) is 14.5. The maximum Gasteiger partial charge on any atom is 0.160 e. The number of nitrogens with zero attached hydrogens (tertiary/aromatic N) is 7. The molecule has 0 aliphatic rings. The van der Waals surface area contributed by atoms with Gasteiger partial charge in [-0.15, -0.1) is 0 Å². The van der Waals surface area contributed by atoms with Crippen LogP contribution in [-0.4, -0.2) is 14.5 Å². The van der Waals surface area contributed by atoms with E-state index in [1.807, 2.05) is 152 Å². The Balaban J connectivity index is 1.16. The number of fused-ring (bicyclic) bond motifs is 3. The van der Waals surface area contributed by atoms with Crippen LogP contribution in [0.4, 0.5) is 34.1 Å². The van der Waals surface area contributed by atoms with Crippen LogP contribution in [0.5, 0.6) is 0 Å². The van der Waals surface area contributed by atoms with Gasteiger partial charge in [0.15, 0.2) is 5.82 Å². The Kier molecular flexibility index (Phi) is 10.5. The molecule has 2 heterocycles. The third-order valence-corrected chi connectivity index (χ3v) is 12.0. The number of nitriles is 2. The topological polar surface area (TPSA) is 84.8 Å². The molecular formula is C60H39N7. The standard InChI is InChI=1S/C60H39N7/c61-40-45-35-44(56-39-55(42-19-7-1-8-20-42)63-60(64-56)43-21-9-2-10-22-43)36-46(41-62)59(45)67-57-33-31-51(65(47-23-11-3-12-24-47)48-25-13-4-14-26-48)37-53(57)54-38-52(32-34-58(54)67)66(49-27-15-5-16-28-49)50-29-17-6-18-30-50/h1-39H. The van der Waals surface area contributed by atoms with Gasteiger partial charge in [-0.3, -0.25) is 0 Å². The van der Waals surface area contributed by atoms with Crippen molar-refractivity contribution in [2.45, 2.75) is 0 Å². The SMILES string of the molecule is N#Cc1cc(-c2cc(-c3ccccc3)nc(-c3ccccc3)n2)cc(C#N)c1-n1c2ccc(N(c3ccccc3)c3ccccc3)cc2c2cc(N(c3ccccc3)c3ccccc3)ccc21. The third-order valence-electron chi connectivity index (χ3n) is 12.0. The maximum absolute atomic E-state index is 11.1. The largest absolute Gasteiger partial charge is 0.310 e. The van der Waals surface area contributed by atoms with Crippen molar-refractivity contribution >= 4 is 55.9 Å². The molecule has 11 aromatic rings. The van der Waals surface area contributed by atoms with E-state index in [4.69, 9.17) is 9.97 Å². The van der Waals surface area contributed by atoms with Crippen molar-refractivity contribution in [3.05, 3.63) is 248 Å². The number of aromatic nitrogens is 3. The van der Waals surface area contributed by atoms with Crippen molar-refractivity contribution in [1.29, 1.82) is 10.5 Å². The minimum atomic E-state index is 0.340. The molecule has 0 bridgehead atoms. The highest BCUT2D eigenvalue weighted by Gasteiger charge is 2.24. The van der Waals surface area contributed by atoms with E-state index in [1.165, 1.54) is 0 Å². The number of benzene rings is 9. The Labute approximate surface area is 388 Å². The number of hydrogen-bond donors (Lipinski definition) is 0. The monoisotopic (exact) mass is 857 g/mol. The molecule has 2 aromatic heterocycles. The molecule has 0 atom stereocenters. The molecule has 0 N–H and O–H groups in total. The Morgan fingerprint density at radius 3 is 1.09 bits per heavy atom. The molecule has 0 saturated heterocycles. The van der Waals surface area contributed by atoms with Crippen molar-refractivity contribution in [3.8, 4) is 51.7 Å². The van der Waals surface area contributed by atoms with Crippen molar-refractivity contribution in [1.82, 2.24) is 14.5 Å². The second kappa shape index (κ2) is 17.5. The lowest BCUT2D eigenvalue weighted by Crippen LogP contribution is -2.09. The van der Waals surface area contributed by atoms with Crippen LogP contribution in [0.25, 0.3) is 61.4 Å². The summed E-state index contributed by atoms with van der Waals surface area (Å²) in [6.07, 6.45) is 0. The van der Waals surface area contributed by atoms with Crippen molar-refractivity contribution in [2.75, 3.05) is 9.80 Å². The van der Waals surface area contributed by atoms with E-state index in [1.54, 1.807) is 0 Å². The molecule has 0 aliphatic carbocycles. The van der Waals surface area contributed by atoms with E-state index in [-0.39, 0.29) is 0 Å². The summed E-state index contributed by atoms with van der Waals surface area (Å²) in [7, 11) is 0. The molecule has 0 radical (unpaired) electrons. The first kappa shape index (κ1) is 40.2. The van der Waals surface area contributed by atoms with Gasteiger partial charge in [-0.05, 0) is 103 Å². The lowest BCUT2D eigenvalue weighted by molar-refractivity contribution is 1.15. The number of hydrogen-bond acceptors (Lipinski definition) is 6. The quantitative estimate of drug-likeness (QED) is 0.136. The van der Waals surface area contributed by atoms with Gasteiger partial charge >= 0.3 is 0 Å². The molecule has 0 fully saturated rings. The van der Waals surface area contributed by atoms with E-state index in [2.05, 4.69) is 111 Å². The summed E-state index contributed by atoms with van der Waals surface area (Å²) in [5, 5.41) is 24.2. The zero-order valence-electron chi connectivity index (χ0n) is 36.1. The fraction of sp³-hybridized carbons (Fsp3) is 0. The molecular weight excluding hydrogens is 819 g/mol. The van der Waals surface area contributed by atoms with E-state index in [0.29, 0.717) is 33.9 Å². The Bertz CT molecular complexity index is 3330. The van der Waals surface area contributed by atoms with E-state index in [9.17, 15) is 10.5 Å². The molecule has 314 valence electrons. The zero-order chi connectivity index (χ0) is 45.1. The van der Waals surface area contributed by atoms with Crippen LogP contribution in [0.3, 0.4) is 0 Å². The summed E-state index contributed by atoms with van der Waals surface area (Å²) in [6, 6.07) is 84.7. The fourth-order valence-electron chi connectivity index (χ4n) is 8.98. The first-order valence-electron chi connectivity index (χ1n) is 22.0. The average Bonchev–Trinajstić information content (AvgIpc) is 3.72. The van der Waals surface area contributed by atoms with Crippen molar-refractivity contribution < 1.29 is 0 Å². The van der Waals surface area contributed by atoms with E-state index in [0.717, 1.165) is 72.8 Å². The Hall–Kier alpha value is -9.56. The highest BCUT2D eigenvalue weighted by molar-refractivity contribution is 6.12. The summed E-state index contributed by atoms with van der Waals surface area (Å²) < 4.78 is 2.08. The Morgan fingerprint density at radius 1 is 0.343 bits per heavy atom. The van der Waals surface area contributed by atoms with E-state index >= 15 is 0 Å². The number of rotatable bonds is 10. The van der Waals surface area contributed by atoms with Crippen LogP contribution in [0.1, 0.15) is 11.1 Å². The zero-order valence-corrected chi connectivity index (χ0v) is 36.1. The normalized spacial score (nSPS) is 11.0. The molecule has 0 spiro atoms. The van der Waals surface area contributed by atoms with Gasteiger partial charge in [0, 0.05) is 61.6 Å². The highest BCUT2D eigenvalue weighted by atomic mass is 15.1. The van der Waals surface area contributed by atoms with Crippen molar-refractivity contribution in [2.24, 2.45) is 0 Å². The molecule has 11 rings (SSSR count). The van der Waals surface area contributed by atoms with Crippen LogP contribution in [-0.2, 0) is 0 Å².